The van der Waals surface area contributed by atoms with Crippen molar-refractivity contribution in [3.05, 3.63) is 17.5 Å². The fourth-order valence-electron chi connectivity index (χ4n) is 3.27. The number of carbonyl (C=O) groups excluding carboxylic acids is 1. The summed E-state index contributed by atoms with van der Waals surface area (Å²) in [6, 6.07) is 1.98. The molecule has 0 bridgehead atoms. The fraction of sp³-hybridized carbons (Fsp3) is 0.765. The SMILES string of the molecule is Cc1cc(CN(C)CC2(O)CCCN(CC(C)(C)C)C2=O)n[nH]1. The molecular formula is C17H30N4O2. The number of H-pyrrole nitrogens is 1. The molecule has 1 unspecified atom stereocenters. The van der Waals surface area contributed by atoms with Crippen LogP contribution in [0.2, 0.25) is 0 Å². The van der Waals surface area contributed by atoms with Crippen molar-refractivity contribution in [2.45, 2.75) is 52.7 Å². The number of carbonyl (C=O) groups is 1. The highest BCUT2D eigenvalue weighted by molar-refractivity contribution is 5.86. The van der Waals surface area contributed by atoms with Crippen LogP contribution in [0.1, 0.15) is 45.0 Å². The zero-order valence-corrected chi connectivity index (χ0v) is 15.0. The van der Waals surface area contributed by atoms with E-state index >= 15 is 0 Å². The van der Waals surface area contributed by atoms with Crippen molar-refractivity contribution >= 4 is 5.91 Å². The Kier molecular flexibility index (Phi) is 5.16. The lowest BCUT2D eigenvalue weighted by molar-refractivity contribution is -0.160. The lowest BCUT2D eigenvalue weighted by atomic mass is 9.88. The maximum atomic E-state index is 12.7. The number of nitrogens with one attached hydrogen (secondary N) is 1. The molecule has 1 aliphatic heterocycles. The van der Waals surface area contributed by atoms with Gasteiger partial charge in [0.25, 0.3) is 5.91 Å². The molecule has 2 N–H and O–H groups in total. The Morgan fingerprint density at radius 1 is 1.48 bits per heavy atom. The molecule has 1 amide bonds. The van der Waals surface area contributed by atoms with Crippen LogP contribution in [0.4, 0.5) is 0 Å². The normalized spacial score (nSPS) is 22.9. The van der Waals surface area contributed by atoms with E-state index < -0.39 is 5.60 Å². The van der Waals surface area contributed by atoms with Crippen molar-refractivity contribution in [3.63, 3.8) is 0 Å². The minimum absolute atomic E-state index is 0.0341. The van der Waals surface area contributed by atoms with Gasteiger partial charge in [0.05, 0.1) is 5.69 Å². The smallest absolute Gasteiger partial charge is 0.255 e. The number of rotatable bonds is 5. The molecule has 0 saturated carbocycles. The zero-order valence-electron chi connectivity index (χ0n) is 15.0. The summed E-state index contributed by atoms with van der Waals surface area (Å²) in [4.78, 5) is 16.5. The molecule has 0 spiro atoms. The Labute approximate surface area is 138 Å². The van der Waals surface area contributed by atoms with Crippen LogP contribution in [0.5, 0.6) is 0 Å². The molecule has 6 heteroatoms. The van der Waals surface area contributed by atoms with Gasteiger partial charge < -0.3 is 10.0 Å². The van der Waals surface area contributed by atoms with Crippen LogP contribution in [0.15, 0.2) is 6.07 Å². The first kappa shape index (κ1) is 17.9. The Morgan fingerprint density at radius 2 is 2.17 bits per heavy atom. The number of hydrogen-bond donors (Lipinski definition) is 2. The number of likely N-dealkylation sites (tertiary alicyclic amines) is 1. The quantitative estimate of drug-likeness (QED) is 0.863. The molecule has 0 radical (unpaired) electrons. The van der Waals surface area contributed by atoms with Crippen molar-refractivity contribution in [1.82, 2.24) is 20.0 Å². The van der Waals surface area contributed by atoms with Gasteiger partial charge in [0.15, 0.2) is 5.60 Å². The molecule has 1 aromatic heterocycles. The number of aryl methyl sites for hydroxylation is 1. The van der Waals surface area contributed by atoms with Crippen LogP contribution < -0.4 is 0 Å². The molecule has 1 aromatic rings. The predicted molar refractivity (Wildman–Crippen MR) is 89.9 cm³/mol. The van der Waals surface area contributed by atoms with Crippen molar-refractivity contribution in [3.8, 4) is 0 Å². The molecule has 1 aliphatic rings. The van der Waals surface area contributed by atoms with Crippen LogP contribution in [0.25, 0.3) is 0 Å². The predicted octanol–water partition coefficient (Wildman–Crippen LogP) is 1.55. The van der Waals surface area contributed by atoms with E-state index in [-0.39, 0.29) is 11.3 Å². The molecule has 1 saturated heterocycles. The molecule has 1 atom stereocenters. The average Bonchev–Trinajstić information content (AvgIpc) is 2.79. The van der Waals surface area contributed by atoms with E-state index in [4.69, 9.17) is 0 Å². The van der Waals surface area contributed by atoms with Crippen LogP contribution in [0, 0.1) is 12.3 Å². The monoisotopic (exact) mass is 322 g/mol. The van der Waals surface area contributed by atoms with Gasteiger partial charge >= 0.3 is 0 Å². The van der Waals surface area contributed by atoms with E-state index in [9.17, 15) is 9.90 Å². The van der Waals surface area contributed by atoms with Gasteiger partial charge in [0.2, 0.25) is 0 Å². The van der Waals surface area contributed by atoms with Crippen molar-refractivity contribution in [2.75, 3.05) is 26.7 Å². The number of aromatic nitrogens is 2. The third-order valence-corrected chi connectivity index (χ3v) is 4.09. The van der Waals surface area contributed by atoms with Gasteiger partial charge in [-0.05, 0) is 38.3 Å². The Bertz CT molecular complexity index is 549. The molecule has 2 heterocycles. The van der Waals surface area contributed by atoms with Gasteiger partial charge in [-0.1, -0.05) is 20.8 Å². The van der Waals surface area contributed by atoms with Gasteiger partial charge in [0.1, 0.15) is 0 Å². The van der Waals surface area contributed by atoms with Gasteiger partial charge in [0, 0.05) is 31.9 Å². The average molecular weight is 322 g/mol. The summed E-state index contributed by atoms with van der Waals surface area (Å²) >= 11 is 0. The van der Waals surface area contributed by atoms with Crippen molar-refractivity contribution in [2.24, 2.45) is 5.41 Å². The highest BCUT2D eigenvalue weighted by Crippen LogP contribution is 2.27. The van der Waals surface area contributed by atoms with Gasteiger partial charge in [-0.25, -0.2) is 0 Å². The second-order valence-corrected chi connectivity index (χ2v) is 8.14. The summed E-state index contributed by atoms with van der Waals surface area (Å²) in [5, 5.41) is 18.0. The van der Waals surface area contributed by atoms with Crippen LogP contribution in [-0.2, 0) is 11.3 Å². The standard InChI is InChI=1S/C17H30N4O2/c1-13-9-14(19-18-13)10-20(5)12-17(23)7-6-8-21(15(17)22)11-16(2,3)4/h9,23H,6-8,10-12H2,1-5H3,(H,18,19). The number of nitrogens with zero attached hydrogens (tertiary/aromatic N) is 3. The first-order valence-electron chi connectivity index (χ1n) is 8.30. The Morgan fingerprint density at radius 3 is 2.74 bits per heavy atom. The van der Waals surface area contributed by atoms with E-state index in [2.05, 4.69) is 31.0 Å². The number of amides is 1. The van der Waals surface area contributed by atoms with E-state index in [1.54, 1.807) is 0 Å². The first-order chi connectivity index (χ1) is 10.6. The Hall–Kier alpha value is -1.40. The summed E-state index contributed by atoms with van der Waals surface area (Å²) in [6.07, 6.45) is 1.37. The summed E-state index contributed by atoms with van der Waals surface area (Å²) < 4.78 is 0. The fourth-order valence-corrected chi connectivity index (χ4v) is 3.27. The maximum Gasteiger partial charge on any atom is 0.255 e. The third-order valence-electron chi connectivity index (χ3n) is 4.09. The first-order valence-corrected chi connectivity index (χ1v) is 8.30. The highest BCUT2D eigenvalue weighted by atomic mass is 16.3. The van der Waals surface area contributed by atoms with E-state index in [1.165, 1.54) is 0 Å². The molecule has 0 aliphatic carbocycles. The van der Waals surface area contributed by atoms with Crippen LogP contribution in [-0.4, -0.2) is 63.3 Å². The second kappa shape index (κ2) is 6.61. The van der Waals surface area contributed by atoms with Gasteiger partial charge in [-0.3, -0.25) is 14.8 Å². The summed E-state index contributed by atoms with van der Waals surface area (Å²) in [5.74, 6) is -0.135. The second-order valence-electron chi connectivity index (χ2n) is 8.14. The summed E-state index contributed by atoms with van der Waals surface area (Å²) in [7, 11) is 1.91. The van der Waals surface area contributed by atoms with Crippen LogP contribution >= 0.6 is 0 Å². The Balaban J connectivity index is 2.00. The molecule has 23 heavy (non-hydrogen) atoms. The van der Waals surface area contributed by atoms with Gasteiger partial charge in [-0.15, -0.1) is 0 Å². The molecular weight excluding hydrogens is 292 g/mol. The van der Waals surface area contributed by atoms with E-state index in [1.807, 2.05) is 29.8 Å². The molecule has 2 rings (SSSR count). The number of hydrogen-bond acceptors (Lipinski definition) is 4. The highest BCUT2D eigenvalue weighted by Gasteiger charge is 2.43. The number of aromatic amines is 1. The number of aliphatic hydroxyl groups is 1. The van der Waals surface area contributed by atoms with Crippen LogP contribution in [0.3, 0.4) is 0 Å². The number of likely N-dealkylation sites (N-methyl/N-ethyl adjacent to an activating group) is 1. The topological polar surface area (TPSA) is 72.5 Å². The molecule has 130 valence electrons. The number of piperidine rings is 1. The molecule has 0 aromatic carbocycles. The van der Waals surface area contributed by atoms with E-state index in [0.717, 1.165) is 24.4 Å². The maximum absolute atomic E-state index is 12.7. The zero-order chi connectivity index (χ0) is 17.3. The molecule has 1 fully saturated rings. The van der Waals surface area contributed by atoms with Crippen molar-refractivity contribution in [1.29, 1.82) is 0 Å². The minimum atomic E-state index is -1.29. The third kappa shape index (κ3) is 4.78. The van der Waals surface area contributed by atoms with E-state index in [0.29, 0.717) is 26.1 Å². The summed E-state index contributed by atoms with van der Waals surface area (Å²) in [6.45, 7) is 10.6. The molecule has 6 nitrogen and oxygen atoms in total. The summed E-state index contributed by atoms with van der Waals surface area (Å²) in [5.41, 5.74) is 0.677. The largest absolute Gasteiger partial charge is 0.379 e. The van der Waals surface area contributed by atoms with Gasteiger partial charge in [-0.2, -0.15) is 5.10 Å². The lowest BCUT2D eigenvalue weighted by Crippen LogP contribution is -2.59. The lowest BCUT2D eigenvalue weighted by Gasteiger charge is -2.42. The van der Waals surface area contributed by atoms with Crippen molar-refractivity contribution < 1.29 is 9.90 Å². The minimum Gasteiger partial charge on any atom is -0.379 e.